The van der Waals surface area contributed by atoms with Crippen LogP contribution in [0.25, 0.3) is 0 Å². The van der Waals surface area contributed by atoms with Gasteiger partial charge in [-0.25, -0.2) is 9.59 Å². The monoisotopic (exact) mass is 558 g/mol. The first-order valence-electron chi connectivity index (χ1n) is 13.9. The highest BCUT2D eigenvalue weighted by molar-refractivity contribution is 6.06. The molecule has 3 aromatic rings. The lowest BCUT2D eigenvalue weighted by Gasteiger charge is -2.21. The van der Waals surface area contributed by atoms with Gasteiger partial charge in [0.2, 0.25) is 0 Å². The van der Waals surface area contributed by atoms with E-state index in [0.29, 0.717) is 29.8 Å². The van der Waals surface area contributed by atoms with Gasteiger partial charge in [-0.3, -0.25) is 10.1 Å². The van der Waals surface area contributed by atoms with Crippen LogP contribution in [-0.4, -0.2) is 35.3 Å². The minimum atomic E-state index is -0.657. The predicted octanol–water partition coefficient (Wildman–Crippen LogP) is 6.41. The van der Waals surface area contributed by atoms with E-state index in [-0.39, 0.29) is 24.6 Å². The Hall–Kier alpha value is -4.37. The van der Waals surface area contributed by atoms with Gasteiger partial charge in [0.1, 0.15) is 5.60 Å². The number of nitrogens with one attached hydrogen (secondary N) is 4. The molecule has 0 saturated carbocycles. The Bertz CT molecular complexity index is 1380. The number of hydrogen-bond donors (Lipinski definition) is 5. The summed E-state index contributed by atoms with van der Waals surface area (Å²) in [5.74, 6) is -0.357. The highest BCUT2D eigenvalue weighted by atomic mass is 16.6. The second kappa shape index (κ2) is 13.3. The maximum Gasteiger partial charge on any atom is 0.412 e. The van der Waals surface area contributed by atoms with Crippen molar-refractivity contribution in [1.29, 1.82) is 0 Å². The Labute approximate surface area is 240 Å². The maximum absolute atomic E-state index is 13.0. The summed E-state index contributed by atoms with van der Waals surface area (Å²) in [7, 11) is 0. The molecular formula is C32H38N4O5. The molecule has 0 aromatic heterocycles. The largest absolute Gasteiger partial charge is 0.444 e. The van der Waals surface area contributed by atoms with E-state index in [9.17, 15) is 19.5 Å². The third-order valence-corrected chi connectivity index (χ3v) is 6.70. The molecule has 9 nitrogen and oxygen atoms in total. The second-order valence-corrected chi connectivity index (χ2v) is 11.1. The zero-order valence-corrected chi connectivity index (χ0v) is 23.8. The summed E-state index contributed by atoms with van der Waals surface area (Å²) >= 11 is 0. The molecule has 0 bridgehead atoms. The summed E-state index contributed by atoms with van der Waals surface area (Å²) < 4.78 is 5.32. The highest BCUT2D eigenvalue weighted by Gasteiger charge is 2.19. The Morgan fingerprint density at radius 1 is 0.878 bits per heavy atom. The van der Waals surface area contributed by atoms with Gasteiger partial charge in [-0.1, -0.05) is 30.3 Å². The number of urea groups is 1. The number of carbonyl (C=O) groups excluding carboxylic acids is 3. The lowest BCUT2D eigenvalue weighted by molar-refractivity contribution is 0.0635. The van der Waals surface area contributed by atoms with Gasteiger partial charge in [-0.2, -0.15) is 0 Å². The molecule has 41 heavy (non-hydrogen) atoms. The van der Waals surface area contributed by atoms with Crippen LogP contribution < -0.4 is 21.3 Å². The number of aliphatic hydroxyl groups excluding tert-OH is 1. The number of rotatable bonds is 9. The van der Waals surface area contributed by atoms with Crippen molar-refractivity contribution in [2.75, 3.05) is 22.6 Å². The van der Waals surface area contributed by atoms with Crippen LogP contribution in [0.15, 0.2) is 66.7 Å². The van der Waals surface area contributed by atoms with Crippen LogP contribution in [-0.2, 0) is 17.6 Å². The summed E-state index contributed by atoms with van der Waals surface area (Å²) in [4.78, 5) is 38.1. The Morgan fingerprint density at radius 2 is 1.56 bits per heavy atom. The molecule has 1 unspecified atom stereocenters. The van der Waals surface area contributed by atoms with Gasteiger partial charge in [-0.15, -0.1) is 0 Å². The molecular weight excluding hydrogens is 520 g/mol. The molecule has 0 fully saturated rings. The standard InChI is InChI=1S/C32H38N4O5/c1-32(2,3)41-31(40)36-28-11-5-4-10-27(28)34-29(38)23-15-13-22(14-16-23)26(12-7-19-37)35-30(39)33-25-18-17-21-8-6-9-24(21)20-25/h4-5,10-11,13-18,20,26,37H,6-9,12,19H2,1-3H3,(H,34,38)(H,36,40)(H2,33,35,39). The fraction of sp³-hybridized carbons (Fsp3) is 0.344. The molecule has 1 aliphatic carbocycles. The topological polar surface area (TPSA) is 129 Å². The minimum absolute atomic E-state index is 0.00184. The van der Waals surface area contributed by atoms with Crippen LogP contribution in [0.4, 0.5) is 26.7 Å². The molecule has 4 rings (SSSR count). The number of ether oxygens (including phenoxy) is 1. The molecule has 4 amide bonds. The smallest absolute Gasteiger partial charge is 0.412 e. The third-order valence-electron chi connectivity index (χ3n) is 6.70. The first-order chi connectivity index (χ1) is 19.6. The molecule has 0 aliphatic heterocycles. The van der Waals surface area contributed by atoms with Crippen molar-refractivity contribution in [2.24, 2.45) is 0 Å². The van der Waals surface area contributed by atoms with E-state index in [4.69, 9.17) is 4.74 Å². The number of hydrogen-bond acceptors (Lipinski definition) is 5. The summed E-state index contributed by atoms with van der Waals surface area (Å²) in [6.45, 7) is 5.32. The quantitative estimate of drug-likeness (QED) is 0.207. The van der Waals surface area contributed by atoms with Crippen molar-refractivity contribution in [2.45, 2.75) is 64.5 Å². The second-order valence-electron chi connectivity index (χ2n) is 11.1. The van der Waals surface area contributed by atoms with Crippen LogP contribution >= 0.6 is 0 Å². The number of fused-ring (bicyclic) bond motifs is 1. The molecule has 0 radical (unpaired) electrons. The molecule has 0 spiro atoms. The Balaban J connectivity index is 1.40. The average molecular weight is 559 g/mol. The van der Waals surface area contributed by atoms with Crippen LogP contribution in [0.5, 0.6) is 0 Å². The number of aryl methyl sites for hydroxylation is 2. The van der Waals surface area contributed by atoms with Crippen molar-refractivity contribution >= 4 is 35.1 Å². The molecule has 3 aromatic carbocycles. The molecule has 1 aliphatic rings. The fourth-order valence-electron chi connectivity index (χ4n) is 4.77. The van der Waals surface area contributed by atoms with Crippen molar-refractivity contribution in [3.8, 4) is 0 Å². The van der Waals surface area contributed by atoms with Gasteiger partial charge >= 0.3 is 12.1 Å². The molecule has 5 N–H and O–H groups in total. The SMILES string of the molecule is CC(C)(C)OC(=O)Nc1ccccc1NC(=O)c1ccc(C(CCCO)NC(=O)Nc2ccc3c(c2)CCC3)cc1. The van der Waals surface area contributed by atoms with Crippen LogP contribution in [0, 0.1) is 0 Å². The molecule has 1 atom stereocenters. The zero-order valence-electron chi connectivity index (χ0n) is 23.8. The van der Waals surface area contributed by atoms with Crippen molar-refractivity contribution in [3.05, 3.63) is 89.0 Å². The zero-order chi connectivity index (χ0) is 29.4. The number of amides is 4. The van der Waals surface area contributed by atoms with Gasteiger partial charge < -0.3 is 25.8 Å². The maximum atomic E-state index is 13.0. The first kappa shape index (κ1) is 29.6. The van der Waals surface area contributed by atoms with Crippen molar-refractivity contribution < 1.29 is 24.2 Å². The predicted molar refractivity (Wildman–Crippen MR) is 160 cm³/mol. The summed E-state index contributed by atoms with van der Waals surface area (Å²) in [6, 6.07) is 19.1. The Morgan fingerprint density at radius 3 is 2.24 bits per heavy atom. The summed E-state index contributed by atoms with van der Waals surface area (Å²) in [5.41, 5.74) is 4.76. The average Bonchev–Trinajstić information content (AvgIpc) is 3.39. The number of benzene rings is 3. The lowest BCUT2D eigenvalue weighted by Crippen LogP contribution is -2.32. The lowest BCUT2D eigenvalue weighted by atomic mass is 10.0. The van der Waals surface area contributed by atoms with Gasteiger partial charge in [0, 0.05) is 17.9 Å². The van der Waals surface area contributed by atoms with E-state index in [1.165, 1.54) is 11.1 Å². The fourth-order valence-corrected chi connectivity index (χ4v) is 4.77. The molecule has 0 heterocycles. The highest BCUT2D eigenvalue weighted by Crippen LogP contribution is 2.26. The summed E-state index contributed by atoms with van der Waals surface area (Å²) in [5, 5.41) is 20.8. The molecule has 0 saturated heterocycles. The third kappa shape index (κ3) is 8.56. The minimum Gasteiger partial charge on any atom is -0.444 e. The van der Waals surface area contributed by atoms with E-state index >= 15 is 0 Å². The van der Waals surface area contributed by atoms with Gasteiger partial charge in [0.15, 0.2) is 0 Å². The van der Waals surface area contributed by atoms with E-state index < -0.39 is 11.7 Å². The number of anilines is 3. The number of aliphatic hydroxyl groups is 1. The van der Waals surface area contributed by atoms with E-state index in [1.54, 1.807) is 69.3 Å². The molecule has 9 heteroatoms. The number of carbonyl (C=O) groups is 3. The van der Waals surface area contributed by atoms with E-state index in [2.05, 4.69) is 27.3 Å². The Kier molecular flexibility index (Phi) is 9.62. The van der Waals surface area contributed by atoms with E-state index in [0.717, 1.165) is 30.5 Å². The van der Waals surface area contributed by atoms with Gasteiger partial charge in [0.25, 0.3) is 5.91 Å². The van der Waals surface area contributed by atoms with E-state index in [1.807, 2.05) is 12.1 Å². The van der Waals surface area contributed by atoms with Crippen molar-refractivity contribution in [1.82, 2.24) is 5.32 Å². The van der Waals surface area contributed by atoms with Crippen LogP contribution in [0.1, 0.15) is 73.1 Å². The van der Waals surface area contributed by atoms with Gasteiger partial charge in [-0.05, 0) is 106 Å². The first-order valence-corrected chi connectivity index (χ1v) is 13.9. The van der Waals surface area contributed by atoms with Crippen molar-refractivity contribution in [3.63, 3.8) is 0 Å². The molecule has 216 valence electrons. The van der Waals surface area contributed by atoms with Crippen LogP contribution in [0.2, 0.25) is 0 Å². The van der Waals surface area contributed by atoms with Gasteiger partial charge in [0.05, 0.1) is 17.4 Å². The number of para-hydroxylation sites is 2. The normalized spacial score (nSPS) is 13.1. The summed E-state index contributed by atoms with van der Waals surface area (Å²) in [6.07, 6.45) is 3.66. The van der Waals surface area contributed by atoms with Crippen LogP contribution in [0.3, 0.4) is 0 Å².